The first-order chi connectivity index (χ1) is 6.77. The molecule has 2 aliphatic heterocycles. The maximum absolute atomic E-state index is 11.5. The standard InChI is InChI=1S/C9H16N2O2S/c1-3-11-8-6(10-9(11)12)5-14-7(8)4-13-2/h6-8H,3-5H2,1-2H3,(H,10,12)/t6-,7-,8-/m0/s1. The normalized spacial score (nSPS) is 36.0. The van der Waals surface area contributed by atoms with Crippen LogP contribution in [0.1, 0.15) is 6.92 Å². The number of nitrogens with one attached hydrogen (secondary N) is 1. The van der Waals surface area contributed by atoms with Crippen molar-refractivity contribution in [3.63, 3.8) is 0 Å². The van der Waals surface area contributed by atoms with Crippen molar-refractivity contribution in [2.24, 2.45) is 0 Å². The first kappa shape index (κ1) is 10.1. The number of carbonyl (C=O) groups is 1. The number of likely N-dealkylation sites (N-methyl/N-ethyl adjacent to an activating group) is 1. The molecule has 0 bridgehead atoms. The third-order valence-electron chi connectivity index (χ3n) is 2.88. The number of amides is 2. The number of rotatable bonds is 3. The highest BCUT2D eigenvalue weighted by Gasteiger charge is 2.47. The van der Waals surface area contributed by atoms with Gasteiger partial charge in [0.25, 0.3) is 0 Å². The smallest absolute Gasteiger partial charge is 0.318 e. The summed E-state index contributed by atoms with van der Waals surface area (Å²) < 4.78 is 5.18. The first-order valence-corrected chi connectivity index (χ1v) is 6.00. The highest BCUT2D eigenvalue weighted by molar-refractivity contribution is 8.00. The van der Waals surface area contributed by atoms with Crippen molar-refractivity contribution >= 4 is 17.8 Å². The van der Waals surface area contributed by atoms with Gasteiger partial charge < -0.3 is 15.0 Å². The Morgan fingerprint density at radius 1 is 1.71 bits per heavy atom. The summed E-state index contributed by atoms with van der Waals surface area (Å²) in [5, 5.41) is 3.45. The van der Waals surface area contributed by atoms with Crippen molar-refractivity contribution in [3.8, 4) is 0 Å². The topological polar surface area (TPSA) is 41.6 Å². The number of hydrogen-bond acceptors (Lipinski definition) is 3. The summed E-state index contributed by atoms with van der Waals surface area (Å²) >= 11 is 1.90. The molecule has 14 heavy (non-hydrogen) atoms. The van der Waals surface area contributed by atoms with Gasteiger partial charge in [-0.25, -0.2) is 4.79 Å². The van der Waals surface area contributed by atoms with Gasteiger partial charge in [0.05, 0.1) is 23.9 Å². The van der Waals surface area contributed by atoms with E-state index < -0.39 is 0 Å². The molecule has 0 saturated carbocycles. The van der Waals surface area contributed by atoms with Crippen LogP contribution in [0, 0.1) is 0 Å². The summed E-state index contributed by atoms with van der Waals surface area (Å²) in [6.45, 7) is 3.54. The van der Waals surface area contributed by atoms with Gasteiger partial charge in [-0.2, -0.15) is 11.8 Å². The van der Waals surface area contributed by atoms with Crippen LogP contribution >= 0.6 is 11.8 Å². The Hall–Kier alpha value is -0.420. The fourth-order valence-corrected chi connectivity index (χ4v) is 3.77. The average Bonchev–Trinajstić information content (AvgIpc) is 2.66. The zero-order chi connectivity index (χ0) is 10.1. The Labute approximate surface area is 88.4 Å². The Kier molecular flexibility index (Phi) is 2.88. The molecular formula is C9H16N2O2S. The van der Waals surface area contributed by atoms with Crippen LogP contribution in [-0.2, 0) is 4.74 Å². The minimum absolute atomic E-state index is 0.0869. The number of ether oxygens (including phenoxy) is 1. The van der Waals surface area contributed by atoms with Gasteiger partial charge in [-0.3, -0.25) is 0 Å². The molecule has 2 aliphatic rings. The molecule has 2 heterocycles. The first-order valence-electron chi connectivity index (χ1n) is 4.95. The lowest BCUT2D eigenvalue weighted by Crippen LogP contribution is -2.42. The van der Waals surface area contributed by atoms with Crippen molar-refractivity contribution in [3.05, 3.63) is 0 Å². The lowest BCUT2D eigenvalue weighted by atomic mass is 10.1. The van der Waals surface area contributed by atoms with Gasteiger partial charge >= 0.3 is 6.03 Å². The van der Waals surface area contributed by atoms with Crippen molar-refractivity contribution in [2.75, 3.05) is 26.0 Å². The van der Waals surface area contributed by atoms with Gasteiger partial charge in [0, 0.05) is 19.4 Å². The van der Waals surface area contributed by atoms with Crippen molar-refractivity contribution in [2.45, 2.75) is 24.3 Å². The monoisotopic (exact) mass is 216 g/mol. The minimum atomic E-state index is 0.0869. The molecule has 2 saturated heterocycles. The lowest BCUT2D eigenvalue weighted by molar-refractivity contribution is 0.164. The molecule has 0 radical (unpaired) electrons. The van der Waals surface area contributed by atoms with E-state index in [0.29, 0.717) is 17.3 Å². The molecule has 0 aromatic rings. The van der Waals surface area contributed by atoms with E-state index in [-0.39, 0.29) is 6.03 Å². The molecule has 2 amide bonds. The van der Waals surface area contributed by atoms with E-state index >= 15 is 0 Å². The van der Waals surface area contributed by atoms with E-state index in [1.54, 1.807) is 7.11 Å². The molecule has 4 nitrogen and oxygen atoms in total. The van der Waals surface area contributed by atoms with Gasteiger partial charge in [-0.15, -0.1) is 0 Å². The Bertz CT molecular complexity index is 235. The molecule has 1 N–H and O–H groups in total. The summed E-state index contributed by atoms with van der Waals surface area (Å²) in [5.41, 5.74) is 0. The van der Waals surface area contributed by atoms with E-state index in [0.717, 1.165) is 18.9 Å². The third-order valence-corrected chi connectivity index (χ3v) is 4.28. The molecule has 0 spiro atoms. The number of hydrogen-bond donors (Lipinski definition) is 1. The lowest BCUT2D eigenvalue weighted by Gasteiger charge is -2.25. The van der Waals surface area contributed by atoms with Crippen LogP contribution < -0.4 is 5.32 Å². The second kappa shape index (κ2) is 3.98. The van der Waals surface area contributed by atoms with Crippen molar-refractivity contribution in [1.82, 2.24) is 10.2 Å². The Morgan fingerprint density at radius 3 is 3.14 bits per heavy atom. The average molecular weight is 216 g/mol. The van der Waals surface area contributed by atoms with Gasteiger partial charge in [-0.05, 0) is 6.92 Å². The van der Waals surface area contributed by atoms with E-state index in [4.69, 9.17) is 4.74 Å². The number of thioether (sulfide) groups is 1. The van der Waals surface area contributed by atoms with E-state index in [1.165, 1.54) is 0 Å². The van der Waals surface area contributed by atoms with E-state index in [9.17, 15) is 4.79 Å². The zero-order valence-corrected chi connectivity index (χ0v) is 9.34. The van der Waals surface area contributed by atoms with Gasteiger partial charge in [-0.1, -0.05) is 0 Å². The summed E-state index contributed by atoms with van der Waals surface area (Å²) in [7, 11) is 1.72. The number of nitrogens with zero attached hydrogens (tertiary/aromatic N) is 1. The predicted molar refractivity (Wildman–Crippen MR) is 56.6 cm³/mol. The molecule has 80 valence electrons. The highest BCUT2D eigenvalue weighted by Crippen LogP contribution is 2.34. The van der Waals surface area contributed by atoms with E-state index in [1.807, 2.05) is 23.6 Å². The number of methoxy groups -OCH3 is 1. The highest BCUT2D eigenvalue weighted by atomic mass is 32.2. The molecule has 0 aliphatic carbocycles. The van der Waals surface area contributed by atoms with Crippen LogP contribution in [0.2, 0.25) is 0 Å². The van der Waals surface area contributed by atoms with E-state index in [2.05, 4.69) is 5.32 Å². The van der Waals surface area contributed by atoms with Crippen molar-refractivity contribution in [1.29, 1.82) is 0 Å². The maximum atomic E-state index is 11.5. The largest absolute Gasteiger partial charge is 0.383 e. The van der Waals surface area contributed by atoms with Gasteiger partial charge in [0.1, 0.15) is 0 Å². The molecular weight excluding hydrogens is 200 g/mol. The number of carbonyl (C=O) groups excluding carboxylic acids is 1. The van der Waals surface area contributed by atoms with Gasteiger partial charge in [0.2, 0.25) is 0 Å². The summed E-state index contributed by atoms with van der Waals surface area (Å²) in [6, 6.07) is 0.744. The van der Waals surface area contributed by atoms with Crippen LogP contribution in [0.4, 0.5) is 4.79 Å². The predicted octanol–water partition coefficient (Wildman–Crippen LogP) is 0.530. The van der Waals surface area contributed by atoms with Crippen molar-refractivity contribution < 1.29 is 9.53 Å². The molecule has 5 heteroatoms. The Morgan fingerprint density at radius 2 is 2.50 bits per heavy atom. The summed E-state index contributed by atoms with van der Waals surface area (Å²) in [4.78, 5) is 13.5. The third kappa shape index (κ3) is 1.48. The maximum Gasteiger partial charge on any atom is 0.318 e. The number of fused-ring (bicyclic) bond motifs is 1. The molecule has 0 aromatic carbocycles. The minimum Gasteiger partial charge on any atom is -0.383 e. The zero-order valence-electron chi connectivity index (χ0n) is 8.53. The molecule has 3 atom stereocenters. The van der Waals surface area contributed by atoms with Crippen LogP contribution in [0.15, 0.2) is 0 Å². The Balaban J connectivity index is 2.09. The summed E-state index contributed by atoms with van der Waals surface area (Å²) in [6.07, 6.45) is 0. The fourth-order valence-electron chi connectivity index (χ4n) is 2.27. The fraction of sp³-hybridized carbons (Fsp3) is 0.889. The second-order valence-corrected chi connectivity index (χ2v) is 4.93. The quantitative estimate of drug-likeness (QED) is 0.700. The number of urea groups is 1. The van der Waals surface area contributed by atoms with Crippen LogP contribution in [0.25, 0.3) is 0 Å². The molecule has 2 rings (SSSR count). The van der Waals surface area contributed by atoms with Gasteiger partial charge in [0.15, 0.2) is 0 Å². The summed E-state index contributed by atoms with van der Waals surface area (Å²) in [5.74, 6) is 1.01. The molecule has 0 aromatic heterocycles. The SMILES string of the molecule is CCN1C(=O)N[C@H]2CS[C@@H](COC)[C@H]21. The van der Waals surface area contributed by atoms with Crippen LogP contribution in [0.3, 0.4) is 0 Å². The molecule has 0 unspecified atom stereocenters. The molecule has 2 fully saturated rings. The second-order valence-electron chi connectivity index (χ2n) is 3.66. The van der Waals surface area contributed by atoms with Crippen LogP contribution in [0.5, 0.6) is 0 Å². The van der Waals surface area contributed by atoms with Crippen LogP contribution in [-0.4, -0.2) is 54.3 Å².